The molecule has 0 radical (unpaired) electrons. The number of benzene rings is 2. The Morgan fingerprint density at radius 1 is 1.19 bits per heavy atom. The summed E-state index contributed by atoms with van der Waals surface area (Å²) in [5.74, 6) is -0.397. The Morgan fingerprint density at radius 2 is 1.94 bits per heavy atom. The normalized spacial score (nSPS) is 18.0. The Morgan fingerprint density at radius 3 is 2.66 bits per heavy atom. The zero-order valence-electron chi connectivity index (χ0n) is 18.7. The van der Waals surface area contributed by atoms with Crippen molar-refractivity contribution < 1.29 is 13.2 Å². The number of amides is 1. The largest absolute Gasteiger partial charge is 0.319 e. The Hall–Kier alpha value is -2.29. The average molecular weight is 472 g/mol. The summed E-state index contributed by atoms with van der Waals surface area (Å²) in [6.07, 6.45) is 4.47. The number of carbonyl (C=O) groups excluding carboxylic acids is 1. The molecule has 1 amide bonds. The maximum absolute atomic E-state index is 13.2. The molecule has 8 heteroatoms. The molecule has 4 rings (SSSR count). The molecule has 1 atom stereocenters. The summed E-state index contributed by atoms with van der Waals surface area (Å²) in [7, 11) is -1.85. The molecule has 1 fully saturated rings. The van der Waals surface area contributed by atoms with Crippen LogP contribution in [-0.4, -0.2) is 35.8 Å². The van der Waals surface area contributed by atoms with E-state index in [1.54, 1.807) is 24.3 Å². The standard InChI is InChI=1S/C24H29N3O3S2/c1-4-5-7-18-11-14-20-22(16-18)31-24(26(20)3)25-23(28)21-8-6-15-27(21)32(29,30)19-12-9-17(2)10-13-19/h9-14,16,21H,4-8,15H2,1-3H3. The van der Waals surface area contributed by atoms with Crippen LogP contribution in [0.5, 0.6) is 0 Å². The second-order valence-corrected chi connectivity index (χ2v) is 11.3. The molecule has 3 aromatic rings. The molecular formula is C24H29N3O3S2. The summed E-state index contributed by atoms with van der Waals surface area (Å²) in [4.78, 5) is 18.3. The van der Waals surface area contributed by atoms with E-state index in [0.29, 0.717) is 24.2 Å². The molecule has 0 saturated carbocycles. The van der Waals surface area contributed by atoms with E-state index >= 15 is 0 Å². The van der Waals surface area contributed by atoms with E-state index < -0.39 is 22.0 Å². The molecule has 0 aliphatic carbocycles. The van der Waals surface area contributed by atoms with Crippen molar-refractivity contribution in [2.24, 2.45) is 12.0 Å². The van der Waals surface area contributed by atoms with Gasteiger partial charge in [-0.25, -0.2) is 8.42 Å². The molecule has 1 aliphatic heterocycles. The number of unbranched alkanes of at least 4 members (excludes halogenated alkanes) is 1. The lowest BCUT2D eigenvalue weighted by atomic mass is 10.1. The van der Waals surface area contributed by atoms with Gasteiger partial charge in [-0.3, -0.25) is 4.79 Å². The molecule has 2 heterocycles. The topological polar surface area (TPSA) is 71.7 Å². The zero-order chi connectivity index (χ0) is 22.9. The van der Waals surface area contributed by atoms with E-state index in [-0.39, 0.29) is 4.90 Å². The van der Waals surface area contributed by atoms with Gasteiger partial charge in [0.1, 0.15) is 6.04 Å². The van der Waals surface area contributed by atoms with Crippen molar-refractivity contribution in [3.8, 4) is 0 Å². The van der Waals surface area contributed by atoms with Crippen LogP contribution in [0.4, 0.5) is 0 Å². The Labute approximate surface area is 193 Å². The number of thiazole rings is 1. The number of fused-ring (bicyclic) bond motifs is 1. The Bertz CT molecular complexity index is 1300. The highest BCUT2D eigenvalue weighted by Crippen LogP contribution is 2.27. The minimum absolute atomic E-state index is 0.217. The van der Waals surface area contributed by atoms with E-state index in [9.17, 15) is 13.2 Å². The Kier molecular flexibility index (Phi) is 6.65. The average Bonchev–Trinajstić information content (AvgIpc) is 3.38. The van der Waals surface area contributed by atoms with E-state index in [0.717, 1.165) is 35.0 Å². The van der Waals surface area contributed by atoms with Gasteiger partial charge in [0.2, 0.25) is 10.0 Å². The molecule has 0 spiro atoms. The van der Waals surface area contributed by atoms with Gasteiger partial charge in [0.25, 0.3) is 5.91 Å². The highest BCUT2D eigenvalue weighted by molar-refractivity contribution is 7.89. The van der Waals surface area contributed by atoms with Crippen molar-refractivity contribution >= 4 is 37.5 Å². The van der Waals surface area contributed by atoms with Gasteiger partial charge >= 0.3 is 0 Å². The van der Waals surface area contributed by atoms with E-state index in [4.69, 9.17) is 0 Å². The third kappa shape index (κ3) is 4.44. The zero-order valence-corrected chi connectivity index (χ0v) is 20.4. The molecule has 32 heavy (non-hydrogen) atoms. The highest BCUT2D eigenvalue weighted by atomic mass is 32.2. The van der Waals surface area contributed by atoms with Crippen molar-refractivity contribution in [2.75, 3.05) is 6.54 Å². The molecule has 2 aromatic carbocycles. The minimum Gasteiger partial charge on any atom is -0.319 e. The summed E-state index contributed by atoms with van der Waals surface area (Å²) in [6.45, 7) is 4.42. The van der Waals surface area contributed by atoms with Crippen LogP contribution >= 0.6 is 11.3 Å². The first-order chi connectivity index (χ1) is 15.3. The first-order valence-electron chi connectivity index (χ1n) is 11.1. The van der Waals surface area contributed by atoms with Crippen molar-refractivity contribution in [3.05, 3.63) is 58.4 Å². The molecule has 6 nitrogen and oxygen atoms in total. The quantitative estimate of drug-likeness (QED) is 0.542. The van der Waals surface area contributed by atoms with Crippen LogP contribution in [-0.2, 0) is 28.3 Å². The molecule has 1 saturated heterocycles. The Balaban J connectivity index is 1.64. The first kappa shape index (κ1) is 22.9. The van der Waals surface area contributed by atoms with Gasteiger partial charge in [0.05, 0.1) is 15.1 Å². The van der Waals surface area contributed by atoms with Crippen molar-refractivity contribution in [1.82, 2.24) is 8.87 Å². The van der Waals surface area contributed by atoms with Crippen molar-refractivity contribution in [1.29, 1.82) is 0 Å². The first-order valence-corrected chi connectivity index (χ1v) is 13.3. The second-order valence-electron chi connectivity index (χ2n) is 8.39. The monoisotopic (exact) mass is 471 g/mol. The van der Waals surface area contributed by atoms with Crippen LogP contribution in [0.3, 0.4) is 0 Å². The smallest absolute Gasteiger partial charge is 0.266 e. The maximum Gasteiger partial charge on any atom is 0.266 e. The predicted molar refractivity (Wildman–Crippen MR) is 128 cm³/mol. The predicted octanol–water partition coefficient (Wildman–Crippen LogP) is 4.17. The fraction of sp³-hybridized carbons (Fsp3) is 0.417. The molecule has 170 valence electrons. The van der Waals surface area contributed by atoms with Crippen molar-refractivity contribution in [3.63, 3.8) is 0 Å². The van der Waals surface area contributed by atoms with Gasteiger partial charge in [0.15, 0.2) is 4.80 Å². The number of rotatable bonds is 6. The molecule has 1 aromatic heterocycles. The van der Waals surface area contributed by atoms with Crippen LogP contribution in [0.1, 0.15) is 43.7 Å². The fourth-order valence-electron chi connectivity index (χ4n) is 4.11. The van der Waals surface area contributed by atoms with E-state index in [1.807, 2.05) is 18.5 Å². The molecular weight excluding hydrogens is 442 g/mol. The lowest BCUT2D eigenvalue weighted by Gasteiger charge is -2.21. The number of sulfonamides is 1. The highest BCUT2D eigenvalue weighted by Gasteiger charge is 2.39. The van der Waals surface area contributed by atoms with Gasteiger partial charge in [0, 0.05) is 13.6 Å². The van der Waals surface area contributed by atoms with Crippen molar-refractivity contribution in [2.45, 2.75) is 56.9 Å². The van der Waals surface area contributed by atoms with Gasteiger partial charge < -0.3 is 4.57 Å². The molecule has 0 N–H and O–H groups in total. The summed E-state index contributed by atoms with van der Waals surface area (Å²) in [5, 5.41) is 0. The third-order valence-corrected chi connectivity index (χ3v) is 9.03. The molecule has 1 aliphatic rings. The summed E-state index contributed by atoms with van der Waals surface area (Å²) < 4.78 is 30.7. The molecule has 1 unspecified atom stereocenters. The van der Waals surface area contributed by atoms with Gasteiger partial charge in [-0.1, -0.05) is 48.4 Å². The van der Waals surface area contributed by atoms with E-state index in [2.05, 4.69) is 30.1 Å². The summed E-state index contributed by atoms with van der Waals surface area (Å²) in [5.41, 5.74) is 3.30. The van der Waals surface area contributed by atoms with Crippen LogP contribution in [0.25, 0.3) is 10.2 Å². The van der Waals surface area contributed by atoms with Gasteiger partial charge in [-0.15, -0.1) is 0 Å². The van der Waals surface area contributed by atoms with Crippen LogP contribution in [0.15, 0.2) is 52.4 Å². The summed E-state index contributed by atoms with van der Waals surface area (Å²) >= 11 is 1.47. The number of aromatic nitrogens is 1. The fourth-order valence-corrected chi connectivity index (χ4v) is 6.85. The SMILES string of the molecule is CCCCc1ccc2c(c1)sc(=NC(=O)C1CCCN1S(=O)(=O)c1ccc(C)cc1)n2C. The lowest BCUT2D eigenvalue weighted by molar-refractivity contribution is -0.121. The number of nitrogens with zero attached hydrogens (tertiary/aromatic N) is 3. The van der Waals surface area contributed by atoms with Gasteiger partial charge in [-0.05, 0) is 62.4 Å². The van der Waals surface area contributed by atoms with Crippen LogP contribution in [0.2, 0.25) is 0 Å². The third-order valence-electron chi connectivity index (χ3n) is 6.01. The van der Waals surface area contributed by atoms with E-state index in [1.165, 1.54) is 21.2 Å². The number of hydrogen-bond donors (Lipinski definition) is 0. The maximum atomic E-state index is 13.2. The number of aryl methyl sites for hydroxylation is 3. The second kappa shape index (κ2) is 9.29. The minimum atomic E-state index is -3.74. The number of carbonyl (C=O) groups is 1. The summed E-state index contributed by atoms with van der Waals surface area (Å²) in [6, 6.07) is 12.4. The molecule has 0 bridgehead atoms. The van der Waals surface area contributed by atoms with Crippen LogP contribution in [0, 0.1) is 6.92 Å². The van der Waals surface area contributed by atoms with Crippen LogP contribution < -0.4 is 4.80 Å². The van der Waals surface area contributed by atoms with Gasteiger partial charge in [-0.2, -0.15) is 9.30 Å². The lowest BCUT2D eigenvalue weighted by Crippen LogP contribution is -2.40. The number of hydrogen-bond acceptors (Lipinski definition) is 4.